The van der Waals surface area contributed by atoms with Crippen LogP contribution in [0.15, 0.2) is 36.4 Å². The van der Waals surface area contributed by atoms with E-state index in [1.54, 1.807) is 18.2 Å². The monoisotopic (exact) mass is 289 g/mol. The van der Waals surface area contributed by atoms with Crippen LogP contribution in [0.1, 0.15) is 21.5 Å². The Morgan fingerprint density at radius 2 is 1.70 bits per heavy atom. The minimum absolute atomic E-state index is 0.255. The molecule has 0 radical (unpaired) electrons. The fourth-order valence-electron chi connectivity index (χ4n) is 1.90. The zero-order valence-corrected chi connectivity index (χ0v) is 12.1. The van der Waals surface area contributed by atoms with E-state index in [9.17, 15) is 4.79 Å². The predicted octanol–water partition coefficient (Wildman–Crippen LogP) is 3.49. The molecule has 104 valence electrons. The van der Waals surface area contributed by atoms with Crippen molar-refractivity contribution in [2.45, 2.75) is 13.8 Å². The van der Waals surface area contributed by atoms with Crippen LogP contribution in [-0.4, -0.2) is 5.91 Å². The van der Waals surface area contributed by atoms with E-state index < -0.39 is 0 Å². The fourth-order valence-corrected chi connectivity index (χ4v) is 2.06. The molecule has 4 nitrogen and oxygen atoms in total. The van der Waals surface area contributed by atoms with E-state index in [0.717, 1.165) is 11.1 Å². The number of aryl methyl sites for hydroxylation is 2. The summed E-state index contributed by atoms with van der Waals surface area (Å²) in [5, 5.41) is 3.30. The Balaban J connectivity index is 2.32. The van der Waals surface area contributed by atoms with Gasteiger partial charge in [-0.3, -0.25) is 10.6 Å². The predicted molar refractivity (Wildman–Crippen MR) is 83.1 cm³/mol. The molecule has 0 bridgehead atoms. The fraction of sp³-hybridized carbons (Fsp3) is 0.133. The summed E-state index contributed by atoms with van der Waals surface area (Å²) in [6.07, 6.45) is 0. The number of carbonyl (C=O) groups excluding carboxylic acids is 1. The van der Waals surface area contributed by atoms with Gasteiger partial charge in [-0.1, -0.05) is 29.3 Å². The zero-order valence-electron chi connectivity index (χ0n) is 11.3. The van der Waals surface area contributed by atoms with Crippen molar-refractivity contribution in [3.63, 3.8) is 0 Å². The van der Waals surface area contributed by atoms with E-state index in [4.69, 9.17) is 17.4 Å². The first kappa shape index (κ1) is 14.4. The smallest absolute Gasteiger partial charge is 0.257 e. The largest absolute Gasteiger partial charge is 0.323 e. The third-order valence-corrected chi connectivity index (χ3v) is 3.27. The van der Waals surface area contributed by atoms with Crippen LogP contribution in [0, 0.1) is 13.8 Å². The summed E-state index contributed by atoms with van der Waals surface area (Å²) in [5.41, 5.74) is 6.15. The lowest BCUT2D eigenvalue weighted by atomic mass is 10.1. The highest BCUT2D eigenvalue weighted by atomic mass is 35.5. The van der Waals surface area contributed by atoms with Crippen molar-refractivity contribution >= 4 is 28.9 Å². The van der Waals surface area contributed by atoms with Gasteiger partial charge in [0.05, 0.1) is 22.0 Å². The van der Waals surface area contributed by atoms with E-state index in [1.807, 2.05) is 32.0 Å². The molecule has 0 fully saturated rings. The number of benzene rings is 2. The van der Waals surface area contributed by atoms with Gasteiger partial charge in [-0.05, 0) is 43.7 Å². The molecule has 0 aliphatic rings. The third-order valence-electron chi connectivity index (χ3n) is 2.95. The maximum atomic E-state index is 12.3. The molecule has 2 aromatic rings. The second-order valence-electron chi connectivity index (χ2n) is 4.63. The number of nitrogen functional groups attached to an aromatic ring is 1. The minimum atomic E-state index is -0.255. The van der Waals surface area contributed by atoms with Crippen LogP contribution >= 0.6 is 11.6 Å². The summed E-state index contributed by atoms with van der Waals surface area (Å²) in [6, 6.07) is 10.9. The number of hydrazine groups is 1. The van der Waals surface area contributed by atoms with Crippen molar-refractivity contribution in [1.29, 1.82) is 0 Å². The summed E-state index contributed by atoms with van der Waals surface area (Å²) in [6.45, 7) is 3.85. The molecule has 0 aliphatic carbocycles. The Hall–Kier alpha value is -2.04. The molecule has 20 heavy (non-hydrogen) atoms. The summed E-state index contributed by atoms with van der Waals surface area (Å²) < 4.78 is 0. The Labute approximate surface area is 122 Å². The van der Waals surface area contributed by atoms with E-state index >= 15 is 0 Å². The molecule has 1 amide bonds. The lowest BCUT2D eigenvalue weighted by molar-refractivity contribution is 0.102. The number of hydrogen-bond acceptors (Lipinski definition) is 3. The number of halogens is 1. The summed E-state index contributed by atoms with van der Waals surface area (Å²) in [5.74, 6) is 5.17. The average Bonchev–Trinajstić information content (AvgIpc) is 2.42. The quantitative estimate of drug-likeness (QED) is 0.598. The summed E-state index contributed by atoms with van der Waals surface area (Å²) in [4.78, 5) is 12.3. The van der Waals surface area contributed by atoms with E-state index in [1.165, 1.54) is 0 Å². The average molecular weight is 290 g/mol. The first-order chi connectivity index (χ1) is 9.51. The van der Waals surface area contributed by atoms with Gasteiger partial charge in [0.15, 0.2) is 0 Å². The number of anilines is 2. The van der Waals surface area contributed by atoms with Crippen molar-refractivity contribution in [1.82, 2.24) is 0 Å². The van der Waals surface area contributed by atoms with Crippen LogP contribution in [0.5, 0.6) is 0 Å². The molecule has 2 rings (SSSR count). The molecular weight excluding hydrogens is 274 g/mol. The Morgan fingerprint density at radius 3 is 2.40 bits per heavy atom. The van der Waals surface area contributed by atoms with Gasteiger partial charge >= 0.3 is 0 Å². The number of amides is 1. The van der Waals surface area contributed by atoms with Gasteiger partial charge in [-0.15, -0.1) is 0 Å². The molecule has 2 aromatic carbocycles. The normalized spacial score (nSPS) is 10.2. The maximum absolute atomic E-state index is 12.3. The van der Waals surface area contributed by atoms with Crippen LogP contribution in [-0.2, 0) is 0 Å². The molecule has 0 saturated carbocycles. The number of nitrogens with one attached hydrogen (secondary N) is 2. The maximum Gasteiger partial charge on any atom is 0.257 e. The zero-order chi connectivity index (χ0) is 14.7. The highest BCUT2D eigenvalue weighted by molar-refractivity contribution is 6.34. The van der Waals surface area contributed by atoms with Gasteiger partial charge < -0.3 is 10.7 Å². The molecule has 0 heterocycles. The molecule has 0 aliphatic heterocycles. The Bertz CT molecular complexity index is 656. The summed E-state index contributed by atoms with van der Waals surface area (Å²) >= 11 is 6.08. The van der Waals surface area contributed by atoms with E-state index in [2.05, 4.69) is 10.7 Å². The standard InChI is InChI=1S/C15H16ClN3O/c1-9-4-6-13(19-17)11(7-9)15(20)18-14-8-10(2)3-5-12(14)16/h3-8,19H,17H2,1-2H3,(H,18,20). The van der Waals surface area contributed by atoms with Gasteiger partial charge in [0.1, 0.15) is 0 Å². The lowest BCUT2D eigenvalue weighted by Gasteiger charge is -2.12. The first-order valence-electron chi connectivity index (χ1n) is 6.16. The Morgan fingerprint density at radius 1 is 1.05 bits per heavy atom. The van der Waals surface area contributed by atoms with Gasteiger partial charge in [0.2, 0.25) is 0 Å². The van der Waals surface area contributed by atoms with E-state index in [-0.39, 0.29) is 5.91 Å². The Kier molecular flexibility index (Phi) is 4.27. The van der Waals surface area contributed by atoms with Crippen LogP contribution in [0.3, 0.4) is 0 Å². The number of carbonyl (C=O) groups is 1. The van der Waals surface area contributed by atoms with Crippen molar-refractivity contribution in [3.05, 3.63) is 58.1 Å². The minimum Gasteiger partial charge on any atom is -0.323 e. The second-order valence-corrected chi connectivity index (χ2v) is 5.04. The van der Waals surface area contributed by atoms with E-state index in [0.29, 0.717) is 22.0 Å². The van der Waals surface area contributed by atoms with Crippen LogP contribution in [0.4, 0.5) is 11.4 Å². The number of rotatable bonds is 3. The highest BCUT2D eigenvalue weighted by Crippen LogP contribution is 2.25. The van der Waals surface area contributed by atoms with Crippen molar-refractivity contribution < 1.29 is 4.79 Å². The third kappa shape index (κ3) is 3.10. The molecule has 0 spiro atoms. The molecule has 4 N–H and O–H groups in total. The number of nitrogens with two attached hydrogens (primary N) is 1. The van der Waals surface area contributed by atoms with Crippen molar-refractivity contribution in [3.8, 4) is 0 Å². The topological polar surface area (TPSA) is 67.2 Å². The molecule has 5 heteroatoms. The molecule has 0 unspecified atom stereocenters. The van der Waals surface area contributed by atoms with Crippen molar-refractivity contribution in [2.75, 3.05) is 10.7 Å². The lowest BCUT2D eigenvalue weighted by Crippen LogP contribution is -2.17. The van der Waals surface area contributed by atoms with Crippen LogP contribution < -0.4 is 16.6 Å². The molecule has 0 saturated heterocycles. The second kappa shape index (κ2) is 5.94. The number of hydrogen-bond donors (Lipinski definition) is 3. The van der Waals surface area contributed by atoms with Crippen LogP contribution in [0.25, 0.3) is 0 Å². The molecule has 0 atom stereocenters. The summed E-state index contributed by atoms with van der Waals surface area (Å²) in [7, 11) is 0. The van der Waals surface area contributed by atoms with Crippen molar-refractivity contribution in [2.24, 2.45) is 5.84 Å². The highest BCUT2D eigenvalue weighted by Gasteiger charge is 2.13. The van der Waals surface area contributed by atoms with Gasteiger partial charge in [-0.2, -0.15) is 0 Å². The van der Waals surface area contributed by atoms with Gasteiger partial charge in [0, 0.05) is 0 Å². The first-order valence-corrected chi connectivity index (χ1v) is 6.54. The van der Waals surface area contributed by atoms with Crippen LogP contribution in [0.2, 0.25) is 5.02 Å². The van der Waals surface area contributed by atoms with Gasteiger partial charge in [0.25, 0.3) is 5.91 Å². The molecule has 0 aromatic heterocycles. The molecular formula is C15H16ClN3O. The van der Waals surface area contributed by atoms with Gasteiger partial charge in [-0.25, -0.2) is 0 Å². The SMILES string of the molecule is Cc1ccc(Cl)c(NC(=O)c2cc(C)ccc2NN)c1.